The van der Waals surface area contributed by atoms with E-state index in [9.17, 15) is 9.59 Å². The van der Waals surface area contributed by atoms with Crippen molar-refractivity contribution in [3.8, 4) is 11.5 Å². The second-order valence-electron chi connectivity index (χ2n) is 7.52. The van der Waals surface area contributed by atoms with Crippen LogP contribution in [0.1, 0.15) is 30.9 Å². The van der Waals surface area contributed by atoms with Crippen LogP contribution in [0.5, 0.6) is 11.5 Å². The molecule has 2 aromatic rings. The lowest BCUT2D eigenvalue weighted by Gasteiger charge is -2.31. The van der Waals surface area contributed by atoms with E-state index in [1.54, 1.807) is 14.0 Å². The maximum Gasteiger partial charge on any atom is 0.306 e. The summed E-state index contributed by atoms with van der Waals surface area (Å²) in [6.07, 6.45) is 0.0676. The predicted octanol–water partition coefficient (Wildman–Crippen LogP) is 3.54. The van der Waals surface area contributed by atoms with Gasteiger partial charge in [0.1, 0.15) is 17.6 Å². The molecule has 0 amide bonds. The molecule has 0 saturated heterocycles. The highest BCUT2D eigenvalue weighted by molar-refractivity contribution is 5.76. The highest BCUT2D eigenvalue weighted by Crippen LogP contribution is 2.24. The Bertz CT molecular complexity index is 867. The van der Waals surface area contributed by atoms with Gasteiger partial charge in [-0.1, -0.05) is 30.3 Å². The molecule has 0 unspecified atom stereocenters. The van der Waals surface area contributed by atoms with E-state index in [2.05, 4.69) is 6.07 Å². The average Bonchev–Trinajstić information content (AvgIpc) is 2.75. The number of para-hydroxylation sites is 1. The monoisotopic (exact) mass is 429 g/mol. The molecule has 7 nitrogen and oxygen atoms in total. The van der Waals surface area contributed by atoms with Gasteiger partial charge in [-0.2, -0.15) is 0 Å². The number of aryl methyl sites for hydroxylation is 2. The number of hydrogen-bond acceptors (Lipinski definition) is 6. The first kappa shape index (κ1) is 24.2. The zero-order valence-electron chi connectivity index (χ0n) is 18.5. The number of hydrogen-bond donors (Lipinski definition) is 1. The number of benzene rings is 2. The normalized spacial score (nSPS) is 12.8. The topological polar surface area (TPSA) is 85.3 Å². The van der Waals surface area contributed by atoms with Crippen LogP contribution in [0.25, 0.3) is 0 Å². The molecule has 7 heteroatoms. The number of ether oxygens (including phenoxy) is 3. The predicted molar refractivity (Wildman–Crippen MR) is 117 cm³/mol. The van der Waals surface area contributed by atoms with Gasteiger partial charge in [0.2, 0.25) is 0 Å². The molecule has 31 heavy (non-hydrogen) atoms. The first-order valence-electron chi connectivity index (χ1n) is 10.3. The van der Waals surface area contributed by atoms with Crippen molar-refractivity contribution in [2.24, 2.45) is 0 Å². The highest BCUT2D eigenvalue weighted by Gasteiger charge is 2.26. The molecule has 0 aromatic heterocycles. The molecule has 1 N–H and O–H groups in total. The summed E-state index contributed by atoms with van der Waals surface area (Å²) in [7, 11) is 5.33. The van der Waals surface area contributed by atoms with Gasteiger partial charge in [0.05, 0.1) is 20.0 Å². The fourth-order valence-electron chi connectivity index (χ4n) is 3.22. The van der Waals surface area contributed by atoms with Gasteiger partial charge in [0, 0.05) is 0 Å². The molecule has 0 radical (unpaired) electrons. The third-order valence-electron chi connectivity index (χ3n) is 4.81. The first-order valence-corrected chi connectivity index (χ1v) is 10.3. The van der Waals surface area contributed by atoms with E-state index < -0.39 is 24.3 Å². The van der Waals surface area contributed by atoms with Crippen molar-refractivity contribution < 1.29 is 28.9 Å². The molecule has 0 bridgehead atoms. The number of nitrogens with zero attached hydrogens (tertiary/aromatic N) is 1. The quantitative estimate of drug-likeness (QED) is 0.408. The summed E-state index contributed by atoms with van der Waals surface area (Å²) < 4.78 is 16.9. The number of esters is 1. The number of likely N-dealkylation sites (N-methyl/N-ethyl adjacent to an activating group) is 1. The SMILES string of the molecule is COc1cccc(CCc2ccccc2O[C@@H]([C@@H](C)OC(=O)CCC(=O)O)N(C)C)c1. The summed E-state index contributed by atoms with van der Waals surface area (Å²) in [5.74, 6) is -0.0441. The average molecular weight is 430 g/mol. The molecule has 2 atom stereocenters. The Morgan fingerprint density at radius 3 is 2.45 bits per heavy atom. The number of carbonyl (C=O) groups is 2. The third-order valence-corrected chi connectivity index (χ3v) is 4.81. The zero-order chi connectivity index (χ0) is 22.8. The van der Waals surface area contributed by atoms with Crippen LogP contribution in [-0.2, 0) is 27.2 Å². The smallest absolute Gasteiger partial charge is 0.306 e. The lowest BCUT2D eigenvalue weighted by atomic mass is 10.0. The number of carbonyl (C=O) groups excluding carboxylic acids is 1. The molecule has 0 aliphatic heterocycles. The van der Waals surface area contributed by atoms with Gasteiger partial charge in [-0.3, -0.25) is 14.5 Å². The standard InChI is InChI=1S/C24H31NO6/c1-17(30-23(28)15-14-22(26)27)24(25(2)3)31-21-11-6-5-9-19(21)13-12-18-8-7-10-20(16-18)29-4/h5-11,16-17,24H,12-15H2,1-4H3,(H,26,27)/t17-,24+/m1/s1. The molecule has 0 fully saturated rings. The van der Waals surface area contributed by atoms with Crippen LogP contribution in [0.4, 0.5) is 0 Å². The lowest BCUT2D eigenvalue weighted by molar-refractivity contribution is -0.159. The second kappa shape index (κ2) is 12.0. The molecule has 0 aliphatic carbocycles. The fraction of sp³-hybridized carbons (Fsp3) is 0.417. The van der Waals surface area contributed by atoms with Gasteiger partial charge < -0.3 is 19.3 Å². The van der Waals surface area contributed by atoms with Crippen molar-refractivity contribution >= 4 is 11.9 Å². The summed E-state index contributed by atoms with van der Waals surface area (Å²) in [4.78, 5) is 24.4. The van der Waals surface area contributed by atoms with Gasteiger partial charge in [-0.25, -0.2) is 0 Å². The van der Waals surface area contributed by atoms with E-state index in [0.717, 1.165) is 29.9 Å². The summed E-state index contributed by atoms with van der Waals surface area (Å²) in [5, 5.41) is 8.73. The Kier molecular flexibility index (Phi) is 9.34. The fourth-order valence-corrected chi connectivity index (χ4v) is 3.22. The summed E-state index contributed by atoms with van der Waals surface area (Å²) in [6.45, 7) is 1.74. The minimum absolute atomic E-state index is 0.170. The molecule has 0 aliphatic rings. The molecule has 0 spiro atoms. The van der Waals surface area contributed by atoms with Crippen LogP contribution in [0.2, 0.25) is 0 Å². The van der Waals surface area contributed by atoms with Gasteiger partial charge in [0.15, 0.2) is 6.23 Å². The molecule has 0 saturated carbocycles. The van der Waals surface area contributed by atoms with Gasteiger partial charge in [0.25, 0.3) is 0 Å². The van der Waals surface area contributed by atoms with Crippen LogP contribution in [0.15, 0.2) is 48.5 Å². The Morgan fingerprint density at radius 1 is 1.03 bits per heavy atom. The Balaban J connectivity index is 2.06. The van der Waals surface area contributed by atoms with E-state index >= 15 is 0 Å². The minimum Gasteiger partial charge on any atom is -0.497 e. The largest absolute Gasteiger partial charge is 0.497 e. The Labute approximate surface area is 183 Å². The van der Waals surface area contributed by atoms with Crippen LogP contribution in [0.3, 0.4) is 0 Å². The number of methoxy groups -OCH3 is 1. The molecule has 0 heterocycles. The van der Waals surface area contributed by atoms with E-state index in [4.69, 9.17) is 19.3 Å². The van der Waals surface area contributed by atoms with Crippen LogP contribution < -0.4 is 9.47 Å². The minimum atomic E-state index is -1.03. The Morgan fingerprint density at radius 2 is 1.77 bits per heavy atom. The second-order valence-corrected chi connectivity index (χ2v) is 7.52. The molecule has 2 aromatic carbocycles. The molecular formula is C24H31NO6. The van der Waals surface area contributed by atoms with E-state index in [1.807, 2.05) is 61.5 Å². The van der Waals surface area contributed by atoms with Crippen molar-refractivity contribution in [2.45, 2.75) is 44.9 Å². The van der Waals surface area contributed by atoms with Gasteiger partial charge in [-0.15, -0.1) is 0 Å². The molecule has 2 rings (SSSR count). The van der Waals surface area contributed by atoms with Crippen molar-refractivity contribution in [1.29, 1.82) is 0 Å². The molecule has 168 valence electrons. The van der Waals surface area contributed by atoms with Crippen LogP contribution in [0, 0.1) is 0 Å². The molecular weight excluding hydrogens is 398 g/mol. The maximum atomic E-state index is 11.9. The van der Waals surface area contributed by atoms with E-state index in [-0.39, 0.29) is 12.8 Å². The number of aliphatic carboxylic acids is 1. The summed E-state index contributed by atoms with van der Waals surface area (Å²) >= 11 is 0. The number of carboxylic acid groups (broad SMARTS) is 1. The third kappa shape index (κ3) is 7.94. The van der Waals surface area contributed by atoms with Crippen molar-refractivity contribution in [2.75, 3.05) is 21.2 Å². The van der Waals surface area contributed by atoms with Crippen molar-refractivity contribution in [3.05, 3.63) is 59.7 Å². The van der Waals surface area contributed by atoms with Gasteiger partial charge >= 0.3 is 11.9 Å². The van der Waals surface area contributed by atoms with Crippen LogP contribution in [-0.4, -0.2) is 55.5 Å². The number of rotatable bonds is 12. The summed E-state index contributed by atoms with van der Waals surface area (Å²) in [6, 6.07) is 15.8. The Hall–Kier alpha value is -3.06. The van der Waals surface area contributed by atoms with Gasteiger partial charge in [-0.05, 0) is 63.2 Å². The summed E-state index contributed by atoms with van der Waals surface area (Å²) in [5.41, 5.74) is 2.21. The van der Waals surface area contributed by atoms with Crippen molar-refractivity contribution in [1.82, 2.24) is 4.90 Å². The van der Waals surface area contributed by atoms with Crippen LogP contribution >= 0.6 is 0 Å². The van der Waals surface area contributed by atoms with E-state index in [1.165, 1.54) is 5.56 Å². The lowest BCUT2D eigenvalue weighted by Crippen LogP contribution is -2.44. The zero-order valence-corrected chi connectivity index (χ0v) is 18.5. The van der Waals surface area contributed by atoms with E-state index in [0.29, 0.717) is 0 Å². The first-order chi connectivity index (χ1) is 14.8. The number of carboxylic acids is 1. The van der Waals surface area contributed by atoms with Crippen molar-refractivity contribution in [3.63, 3.8) is 0 Å². The highest BCUT2D eigenvalue weighted by atomic mass is 16.6. The maximum absolute atomic E-state index is 11.9.